The highest BCUT2D eigenvalue weighted by Crippen LogP contribution is 2.33. The molecule has 1 unspecified atom stereocenters. The third-order valence-electron chi connectivity index (χ3n) is 4.56. The van der Waals surface area contributed by atoms with Gasteiger partial charge in [0.05, 0.1) is 16.1 Å². The number of thioether (sulfide) groups is 1. The molecular formula is C19H17F2N3O3S2. The van der Waals surface area contributed by atoms with Crippen LogP contribution in [0.3, 0.4) is 0 Å². The number of hydrogen-bond donors (Lipinski definition) is 1. The Balaban J connectivity index is 1.93. The minimum absolute atomic E-state index is 0.0195. The molecule has 29 heavy (non-hydrogen) atoms. The molecule has 152 valence electrons. The summed E-state index contributed by atoms with van der Waals surface area (Å²) in [7, 11) is -4.18. The first-order valence-electron chi connectivity index (χ1n) is 8.62. The number of Topliss-reactive ketones (excluding diaryl/α,β-unsaturated/α-hetero) is 1. The van der Waals surface area contributed by atoms with Crippen molar-refractivity contribution in [3.63, 3.8) is 0 Å². The lowest BCUT2D eigenvalue weighted by atomic mass is 10.00. The number of primary sulfonamides is 1. The average molecular weight is 437 g/mol. The topological polar surface area (TPSA) is 104 Å². The third kappa shape index (κ3) is 4.93. The third-order valence-corrected chi connectivity index (χ3v) is 6.61. The van der Waals surface area contributed by atoms with Crippen LogP contribution in [0.25, 0.3) is 0 Å². The van der Waals surface area contributed by atoms with Crippen molar-refractivity contribution in [3.8, 4) is 6.07 Å². The summed E-state index contributed by atoms with van der Waals surface area (Å²) in [4.78, 5) is 13.9. The van der Waals surface area contributed by atoms with E-state index in [0.717, 1.165) is 17.0 Å². The van der Waals surface area contributed by atoms with Crippen LogP contribution in [0.15, 0.2) is 46.2 Å². The average Bonchev–Trinajstić information content (AvgIpc) is 2.67. The predicted octanol–water partition coefficient (Wildman–Crippen LogP) is 2.81. The SMILES string of the molecule is N#Cc1cc(S(N)(=O)=O)cc(F)c1N1CCC(=O)CC1CSc1ccc(F)cc1. The lowest BCUT2D eigenvalue weighted by Crippen LogP contribution is -2.45. The second kappa shape index (κ2) is 8.49. The molecule has 10 heteroatoms. The molecule has 0 spiro atoms. The van der Waals surface area contributed by atoms with Gasteiger partial charge in [0.15, 0.2) is 0 Å². The van der Waals surface area contributed by atoms with Gasteiger partial charge in [-0.1, -0.05) is 0 Å². The second-order valence-corrected chi connectivity index (χ2v) is 9.22. The van der Waals surface area contributed by atoms with E-state index in [1.807, 2.05) is 6.07 Å². The van der Waals surface area contributed by atoms with Crippen molar-refractivity contribution in [3.05, 3.63) is 53.6 Å². The van der Waals surface area contributed by atoms with Crippen molar-refractivity contribution in [1.82, 2.24) is 0 Å². The molecule has 0 saturated carbocycles. The molecule has 1 fully saturated rings. The molecule has 0 aromatic heterocycles. The first-order chi connectivity index (χ1) is 13.7. The summed E-state index contributed by atoms with van der Waals surface area (Å²) in [5, 5.41) is 14.5. The Kier molecular flexibility index (Phi) is 6.21. The van der Waals surface area contributed by atoms with Gasteiger partial charge in [-0.2, -0.15) is 5.26 Å². The maximum absolute atomic E-state index is 14.8. The highest BCUT2D eigenvalue weighted by Gasteiger charge is 2.31. The van der Waals surface area contributed by atoms with Gasteiger partial charge in [0, 0.05) is 36.1 Å². The Morgan fingerprint density at radius 1 is 1.24 bits per heavy atom. The van der Waals surface area contributed by atoms with Crippen molar-refractivity contribution >= 4 is 33.3 Å². The summed E-state index contributed by atoms with van der Waals surface area (Å²) in [6.45, 7) is 0.202. The first kappa shape index (κ1) is 21.2. The summed E-state index contributed by atoms with van der Waals surface area (Å²) in [6.07, 6.45) is 0.356. The number of benzene rings is 2. The van der Waals surface area contributed by atoms with Gasteiger partial charge in [0.2, 0.25) is 10.0 Å². The molecule has 2 aromatic rings. The molecule has 6 nitrogen and oxygen atoms in total. The van der Waals surface area contributed by atoms with Gasteiger partial charge in [-0.15, -0.1) is 11.8 Å². The molecule has 1 heterocycles. The summed E-state index contributed by atoms with van der Waals surface area (Å²) < 4.78 is 51.0. The molecule has 0 aliphatic carbocycles. The van der Waals surface area contributed by atoms with E-state index in [-0.39, 0.29) is 42.2 Å². The van der Waals surface area contributed by atoms with Gasteiger partial charge >= 0.3 is 0 Å². The van der Waals surface area contributed by atoms with Crippen LogP contribution in [0.2, 0.25) is 0 Å². The summed E-state index contributed by atoms with van der Waals surface area (Å²) in [5.74, 6) is -0.830. The minimum atomic E-state index is -4.18. The molecule has 1 aliphatic rings. The van der Waals surface area contributed by atoms with Crippen molar-refractivity contribution in [1.29, 1.82) is 5.26 Å². The molecule has 1 atom stereocenters. The molecule has 0 bridgehead atoms. The number of hydrogen-bond acceptors (Lipinski definition) is 6. The van der Waals surface area contributed by atoms with Gasteiger partial charge in [-0.25, -0.2) is 22.3 Å². The smallest absolute Gasteiger partial charge is 0.238 e. The zero-order valence-corrected chi connectivity index (χ0v) is 16.8. The maximum Gasteiger partial charge on any atom is 0.238 e. The van der Waals surface area contributed by atoms with E-state index in [2.05, 4.69) is 0 Å². The Hall–Kier alpha value is -2.48. The monoisotopic (exact) mass is 437 g/mol. The Morgan fingerprint density at radius 3 is 2.55 bits per heavy atom. The predicted molar refractivity (Wildman–Crippen MR) is 105 cm³/mol. The zero-order valence-electron chi connectivity index (χ0n) is 15.1. The van der Waals surface area contributed by atoms with E-state index in [4.69, 9.17) is 5.14 Å². The van der Waals surface area contributed by atoms with Gasteiger partial charge < -0.3 is 4.90 Å². The largest absolute Gasteiger partial charge is 0.363 e. The number of rotatable bonds is 5. The van der Waals surface area contributed by atoms with E-state index >= 15 is 0 Å². The van der Waals surface area contributed by atoms with Crippen LogP contribution in [0.1, 0.15) is 18.4 Å². The molecule has 2 N–H and O–H groups in total. The van der Waals surface area contributed by atoms with Crippen LogP contribution in [-0.4, -0.2) is 32.5 Å². The van der Waals surface area contributed by atoms with E-state index in [1.54, 1.807) is 17.0 Å². The summed E-state index contributed by atoms with van der Waals surface area (Å²) >= 11 is 1.38. The van der Waals surface area contributed by atoms with Crippen molar-refractivity contribution in [2.24, 2.45) is 5.14 Å². The van der Waals surface area contributed by atoms with Gasteiger partial charge in [0.1, 0.15) is 23.5 Å². The molecule has 3 rings (SSSR count). The van der Waals surface area contributed by atoms with Crippen LogP contribution >= 0.6 is 11.8 Å². The molecule has 0 amide bonds. The van der Waals surface area contributed by atoms with E-state index in [1.165, 1.54) is 23.9 Å². The zero-order chi connectivity index (χ0) is 21.2. The van der Waals surface area contributed by atoms with E-state index < -0.39 is 26.8 Å². The second-order valence-electron chi connectivity index (χ2n) is 6.56. The van der Waals surface area contributed by atoms with Crippen molar-refractivity contribution in [2.45, 2.75) is 28.7 Å². The molecule has 1 aliphatic heterocycles. The Bertz CT molecular complexity index is 1080. The minimum Gasteiger partial charge on any atom is -0.363 e. The van der Waals surface area contributed by atoms with Crippen LogP contribution in [0.5, 0.6) is 0 Å². The van der Waals surface area contributed by atoms with Crippen LogP contribution < -0.4 is 10.0 Å². The molecule has 0 radical (unpaired) electrons. The Labute approximate surface area is 171 Å². The standard InChI is InChI=1S/C19H17F2N3O3S2/c20-13-1-3-16(4-2-13)28-11-14-8-15(25)5-6-24(14)19-12(10-22)7-17(9-18(19)21)29(23,26)27/h1-4,7,9,14H,5-6,8,11H2,(H2,23,26,27). The normalized spacial score (nSPS) is 17.2. The maximum atomic E-state index is 14.8. The van der Waals surface area contributed by atoms with E-state index in [9.17, 15) is 27.3 Å². The van der Waals surface area contributed by atoms with Crippen molar-refractivity contribution in [2.75, 3.05) is 17.2 Å². The van der Waals surface area contributed by atoms with E-state index in [0.29, 0.717) is 5.75 Å². The number of ketones is 1. The number of sulfonamides is 1. The molecule has 1 saturated heterocycles. The fourth-order valence-electron chi connectivity index (χ4n) is 3.18. The first-order valence-corrected chi connectivity index (χ1v) is 11.2. The number of carbonyl (C=O) groups is 1. The van der Waals surface area contributed by atoms with Crippen molar-refractivity contribution < 1.29 is 22.0 Å². The van der Waals surface area contributed by atoms with Gasteiger partial charge in [-0.05, 0) is 36.4 Å². The van der Waals surface area contributed by atoms with Gasteiger partial charge in [-0.3, -0.25) is 4.79 Å². The Morgan fingerprint density at radius 2 is 1.93 bits per heavy atom. The summed E-state index contributed by atoms with van der Waals surface area (Å²) in [6, 6.07) is 9.10. The number of carbonyl (C=O) groups excluding carboxylic acids is 1. The lowest BCUT2D eigenvalue weighted by molar-refractivity contribution is -0.120. The number of halogens is 2. The number of piperidine rings is 1. The number of anilines is 1. The van der Waals surface area contributed by atoms with Crippen LogP contribution in [0.4, 0.5) is 14.5 Å². The highest BCUT2D eigenvalue weighted by atomic mass is 32.2. The van der Waals surface area contributed by atoms with Crippen LogP contribution in [0, 0.1) is 23.0 Å². The summed E-state index contributed by atoms with van der Waals surface area (Å²) in [5.41, 5.74) is -0.211. The number of nitrogens with zero attached hydrogens (tertiary/aromatic N) is 2. The quantitative estimate of drug-likeness (QED) is 0.722. The number of nitriles is 1. The fraction of sp³-hybridized carbons (Fsp3) is 0.263. The lowest BCUT2D eigenvalue weighted by Gasteiger charge is -2.37. The number of nitrogens with two attached hydrogens (primary N) is 1. The molecule has 2 aromatic carbocycles. The fourth-order valence-corrected chi connectivity index (χ4v) is 4.75. The molecular weight excluding hydrogens is 420 g/mol. The highest BCUT2D eigenvalue weighted by molar-refractivity contribution is 7.99. The van der Waals surface area contributed by atoms with Crippen LogP contribution in [-0.2, 0) is 14.8 Å². The van der Waals surface area contributed by atoms with Gasteiger partial charge in [0.25, 0.3) is 0 Å².